The molecule has 8 nitrogen and oxygen atoms in total. The van der Waals surface area contributed by atoms with Crippen LogP contribution >= 0.6 is 0 Å². The second-order valence-electron chi connectivity index (χ2n) is 6.67. The van der Waals surface area contributed by atoms with E-state index in [-0.39, 0.29) is 45.2 Å². The molecule has 3 rings (SSSR count). The van der Waals surface area contributed by atoms with Crippen molar-refractivity contribution in [1.82, 2.24) is 9.55 Å². The van der Waals surface area contributed by atoms with Crippen molar-refractivity contribution in [3.8, 4) is 0 Å². The number of amides is 2. The maximum absolute atomic E-state index is 12.9. The quantitative estimate of drug-likeness (QED) is 0.716. The van der Waals surface area contributed by atoms with Gasteiger partial charge >= 0.3 is 0 Å². The third kappa shape index (κ3) is 3.46. The van der Waals surface area contributed by atoms with Gasteiger partial charge in [-0.3, -0.25) is 19.0 Å². The topological polar surface area (TPSA) is 120 Å². The van der Waals surface area contributed by atoms with Crippen LogP contribution in [0.1, 0.15) is 40.3 Å². The number of benzene rings is 1. The molecular weight excluding hydrogens is 348 g/mol. The molecule has 0 aliphatic heterocycles. The second-order valence-corrected chi connectivity index (χ2v) is 6.67. The summed E-state index contributed by atoms with van der Waals surface area (Å²) in [4.78, 5) is 41.4. The van der Waals surface area contributed by atoms with E-state index in [0.717, 1.165) is 0 Å². The van der Waals surface area contributed by atoms with Crippen LogP contribution in [-0.2, 0) is 6.54 Å². The van der Waals surface area contributed by atoms with Crippen LogP contribution in [0.5, 0.6) is 0 Å². The lowest BCUT2D eigenvalue weighted by Gasteiger charge is -2.09. The summed E-state index contributed by atoms with van der Waals surface area (Å²) in [6.07, 6.45) is 1.41. The lowest BCUT2D eigenvalue weighted by Crippen LogP contribution is -2.25. The van der Waals surface area contributed by atoms with Crippen LogP contribution in [-0.4, -0.2) is 21.4 Å². The molecule has 27 heavy (non-hydrogen) atoms. The van der Waals surface area contributed by atoms with Gasteiger partial charge in [0.1, 0.15) is 17.5 Å². The number of nitrogens with two attached hydrogens (primary N) is 1. The van der Waals surface area contributed by atoms with Crippen molar-refractivity contribution >= 4 is 28.6 Å². The number of aromatic nitrogens is 2. The van der Waals surface area contributed by atoms with E-state index in [0.29, 0.717) is 6.54 Å². The molecule has 2 aromatic heterocycles. The first-order valence-corrected chi connectivity index (χ1v) is 8.48. The van der Waals surface area contributed by atoms with Crippen molar-refractivity contribution in [3.63, 3.8) is 0 Å². The number of fused-ring (bicyclic) bond motifs is 1. The van der Waals surface area contributed by atoms with Crippen molar-refractivity contribution in [2.75, 3.05) is 5.32 Å². The number of nitrogens with one attached hydrogen (secondary N) is 1. The average molecular weight is 368 g/mol. The van der Waals surface area contributed by atoms with Gasteiger partial charge in [0.15, 0.2) is 0 Å². The summed E-state index contributed by atoms with van der Waals surface area (Å²) < 4.78 is 6.95. The molecule has 0 saturated heterocycles. The summed E-state index contributed by atoms with van der Waals surface area (Å²) in [6.45, 7) is 6.01. The highest BCUT2D eigenvalue weighted by molar-refractivity contribution is 6.14. The van der Waals surface area contributed by atoms with Gasteiger partial charge in [0.2, 0.25) is 5.71 Å². The number of carbonyl (C=O) groups excluding carboxylic acids is 2. The fraction of sp³-hybridized carbons (Fsp3) is 0.263. The third-order valence-corrected chi connectivity index (χ3v) is 4.08. The van der Waals surface area contributed by atoms with Gasteiger partial charge in [0.05, 0.1) is 16.8 Å². The monoisotopic (exact) mass is 368 g/mol. The molecule has 0 fully saturated rings. The van der Waals surface area contributed by atoms with Gasteiger partial charge in [-0.15, -0.1) is 0 Å². The van der Waals surface area contributed by atoms with E-state index < -0.39 is 11.8 Å². The molecule has 0 unspecified atom stereocenters. The number of primary amides is 1. The van der Waals surface area contributed by atoms with E-state index in [2.05, 4.69) is 10.3 Å². The molecule has 0 aliphatic rings. The molecule has 0 saturated carbocycles. The molecule has 3 aromatic rings. The van der Waals surface area contributed by atoms with Gasteiger partial charge in [0, 0.05) is 6.54 Å². The van der Waals surface area contributed by atoms with E-state index in [1.165, 1.54) is 17.0 Å². The first-order valence-electron chi connectivity index (χ1n) is 8.48. The Balaban J connectivity index is 2.09. The van der Waals surface area contributed by atoms with E-state index in [1.807, 2.05) is 13.8 Å². The first-order chi connectivity index (χ1) is 12.8. The van der Waals surface area contributed by atoms with Gasteiger partial charge in [-0.25, -0.2) is 4.98 Å². The van der Waals surface area contributed by atoms with Gasteiger partial charge < -0.3 is 15.5 Å². The third-order valence-electron chi connectivity index (χ3n) is 4.08. The summed E-state index contributed by atoms with van der Waals surface area (Å²) in [5.74, 6) is -0.734. The Kier molecular flexibility index (Phi) is 4.81. The van der Waals surface area contributed by atoms with Crippen LogP contribution in [0.25, 0.3) is 11.1 Å². The number of furan rings is 1. The number of anilines is 1. The molecule has 0 radical (unpaired) electrons. The smallest absolute Gasteiger partial charge is 0.265 e. The van der Waals surface area contributed by atoms with Crippen LogP contribution in [0.2, 0.25) is 0 Å². The van der Waals surface area contributed by atoms with Crippen LogP contribution in [0.4, 0.5) is 5.69 Å². The zero-order valence-corrected chi connectivity index (χ0v) is 15.3. The number of carbonyl (C=O) groups is 2. The molecule has 3 N–H and O–H groups in total. The van der Waals surface area contributed by atoms with Gasteiger partial charge in [-0.05, 0) is 25.0 Å². The standard InChI is InChI=1S/C19H20N4O4/c1-10(2)8-23-9-21-18-15(19(23)26)14(11(3)27-18)17(25)22-13-7-5-4-6-12(13)16(20)24/h4-7,9-10H,8H2,1-3H3,(H2,20,24)(H,22,25). The fourth-order valence-electron chi connectivity index (χ4n) is 2.93. The van der Waals surface area contributed by atoms with Crippen molar-refractivity contribution in [2.24, 2.45) is 11.7 Å². The number of rotatable bonds is 5. The Morgan fingerprint density at radius 1 is 1.30 bits per heavy atom. The Hall–Kier alpha value is -3.42. The van der Waals surface area contributed by atoms with E-state index in [1.54, 1.807) is 25.1 Å². The predicted octanol–water partition coefficient (Wildman–Crippen LogP) is 2.31. The fourth-order valence-corrected chi connectivity index (χ4v) is 2.93. The molecule has 0 bridgehead atoms. The number of para-hydroxylation sites is 1. The molecule has 2 heterocycles. The normalized spacial score (nSPS) is 11.1. The largest absolute Gasteiger partial charge is 0.442 e. The maximum Gasteiger partial charge on any atom is 0.265 e. The van der Waals surface area contributed by atoms with Crippen LogP contribution in [0.3, 0.4) is 0 Å². The van der Waals surface area contributed by atoms with Crippen molar-refractivity contribution in [3.05, 3.63) is 57.8 Å². The molecule has 0 atom stereocenters. The van der Waals surface area contributed by atoms with Crippen molar-refractivity contribution in [1.29, 1.82) is 0 Å². The second kappa shape index (κ2) is 7.06. The average Bonchev–Trinajstić information content (AvgIpc) is 2.94. The Labute approximate surface area is 155 Å². The first kappa shape index (κ1) is 18.4. The van der Waals surface area contributed by atoms with Gasteiger partial charge in [-0.1, -0.05) is 26.0 Å². The Morgan fingerprint density at radius 2 is 2.00 bits per heavy atom. The van der Waals surface area contributed by atoms with Crippen LogP contribution < -0.4 is 16.6 Å². The SMILES string of the molecule is Cc1oc2ncn(CC(C)C)c(=O)c2c1C(=O)Nc1ccccc1C(N)=O. The number of aryl methyl sites for hydroxylation is 1. The Morgan fingerprint density at radius 3 is 2.67 bits per heavy atom. The van der Waals surface area contributed by atoms with Crippen LogP contribution in [0, 0.1) is 12.8 Å². The summed E-state index contributed by atoms with van der Waals surface area (Å²) in [5.41, 5.74) is 5.63. The minimum absolute atomic E-state index is 0.0971. The summed E-state index contributed by atoms with van der Waals surface area (Å²) in [5, 5.41) is 2.75. The summed E-state index contributed by atoms with van der Waals surface area (Å²) in [7, 11) is 0. The molecule has 2 amide bonds. The number of hydrogen-bond donors (Lipinski definition) is 2. The van der Waals surface area contributed by atoms with Crippen LogP contribution in [0.15, 0.2) is 39.8 Å². The number of hydrogen-bond acceptors (Lipinski definition) is 5. The van der Waals surface area contributed by atoms with E-state index >= 15 is 0 Å². The van der Waals surface area contributed by atoms with E-state index in [4.69, 9.17) is 10.2 Å². The minimum atomic E-state index is -0.666. The highest BCUT2D eigenvalue weighted by atomic mass is 16.3. The predicted molar refractivity (Wildman–Crippen MR) is 101 cm³/mol. The molecule has 8 heteroatoms. The highest BCUT2D eigenvalue weighted by Gasteiger charge is 2.24. The molecule has 140 valence electrons. The molecular formula is C19H20N4O4. The lowest BCUT2D eigenvalue weighted by molar-refractivity contribution is 0.100. The lowest BCUT2D eigenvalue weighted by atomic mass is 10.1. The van der Waals surface area contributed by atoms with Crippen molar-refractivity contribution < 1.29 is 14.0 Å². The zero-order chi connectivity index (χ0) is 19.7. The van der Waals surface area contributed by atoms with Crippen molar-refractivity contribution in [2.45, 2.75) is 27.3 Å². The maximum atomic E-state index is 12.9. The van der Waals surface area contributed by atoms with Gasteiger partial charge in [0.25, 0.3) is 17.4 Å². The molecule has 0 aliphatic carbocycles. The van der Waals surface area contributed by atoms with E-state index in [9.17, 15) is 14.4 Å². The highest BCUT2D eigenvalue weighted by Crippen LogP contribution is 2.23. The summed E-state index contributed by atoms with van der Waals surface area (Å²) in [6, 6.07) is 6.38. The molecule has 0 spiro atoms. The Bertz CT molecular complexity index is 1090. The minimum Gasteiger partial charge on any atom is -0.442 e. The number of nitrogens with zero attached hydrogens (tertiary/aromatic N) is 2. The van der Waals surface area contributed by atoms with Gasteiger partial charge in [-0.2, -0.15) is 0 Å². The molecule has 1 aromatic carbocycles. The summed E-state index contributed by atoms with van der Waals surface area (Å²) >= 11 is 0. The zero-order valence-electron chi connectivity index (χ0n) is 15.3.